The molecule has 564 valence electrons. The first-order valence-corrected chi connectivity index (χ1v) is 43.5. The normalized spacial score (nSPS) is 13.3. The lowest BCUT2D eigenvalue weighted by atomic mass is 10.0. The lowest BCUT2D eigenvalue weighted by Gasteiger charge is -2.24. The Kier molecular flexibility index (Phi) is 75.0. The van der Waals surface area contributed by atoms with Gasteiger partial charge in [-0.1, -0.05) is 415 Å². The van der Waals surface area contributed by atoms with Crippen molar-refractivity contribution in [3.63, 3.8) is 0 Å². The summed E-state index contributed by atoms with van der Waals surface area (Å²) < 4.78 is 34.9. The van der Waals surface area contributed by atoms with Gasteiger partial charge in [0.1, 0.15) is 19.8 Å². The molecule has 0 aromatic rings. The molecule has 0 aliphatic heterocycles. The highest BCUT2D eigenvalue weighted by Crippen LogP contribution is 2.43. The van der Waals surface area contributed by atoms with Crippen molar-refractivity contribution >= 4 is 19.8 Å². The Morgan fingerprint density at radius 1 is 0.333 bits per heavy atom. The molecule has 0 saturated carbocycles. The second-order valence-corrected chi connectivity index (χ2v) is 31.3. The van der Waals surface area contributed by atoms with Crippen molar-refractivity contribution in [2.75, 3.05) is 47.5 Å². The molecule has 0 aliphatic carbocycles. The van der Waals surface area contributed by atoms with E-state index in [0.29, 0.717) is 23.9 Å². The van der Waals surface area contributed by atoms with Crippen LogP contribution in [-0.4, -0.2) is 74.9 Å². The monoisotopic (exact) mass is 1370 g/mol. The Hall–Kier alpha value is -2.29. The summed E-state index contributed by atoms with van der Waals surface area (Å²) in [5.41, 5.74) is 0. The molecular weight excluding hydrogens is 1210 g/mol. The van der Waals surface area contributed by atoms with Crippen molar-refractivity contribution in [1.82, 2.24) is 0 Å². The van der Waals surface area contributed by atoms with E-state index >= 15 is 0 Å². The maximum Gasteiger partial charge on any atom is 0.472 e. The van der Waals surface area contributed by atoms with Gasteiger partial charge in [0.2, 0.25) is 0 Å². The number of phosphoric ester groups is 1. The van der Waals surface area contributed by atoms with E-state index in [9.17, 15) is 19.0 Å². The van der Waals surface area contributed by atoms with Gasteiger partial charge in [-0.2, -0.15) is 0 Å². The summed E-state index contributed by atoms with van der Waals surface area (Å²) in [6, 6.07) is 0. The van der Waals surface area contributed by atoms with Crippen LogP contribution in [0.1, 0.15) is 425 Å². The molecule has 0 saturated heterocycles. The number of hydrogen-bond acceptors (Lipinski definition) is 7. The molecule has 0 spiro atoms. The van der Waals surface area contributed by atoms with E-state index in [0.717, 1.165) is 64.2 Å². The number of unbranched alkanes of at least 4 members (excludes halogenated alkanes) is 55. The van der Waals surface area contributed by atoms with Gasteiger partial charge in [-0.25, -0.2) is 4.57 Å². The van der Waals surface area contributed by atoms with Crippen LogP contribution in [0.25, 0.3) is 0 Å². The summed E-state index contributed by atoms with van der Waals surface area (Å²) in [5, 5.41) is 0. The number of ether oxygens (including phenoxy) is 2. The lowest BCUT2D eigenvalue weighted by Crippen LogP contribution is -2.37. The number of likely N-dealkylation sites (N-methyl/N-ethyl adjacent to an activating group) is 1. The van der Waals surface area contributed by atoms with Crippen molar-refractivity contribution in [3.05, 3.63) is 60.8 Å². The zero-order valence-electron chi connectivity index (χ0n) is 64.6. The zero-order valence-corrected chi connectivity index (χ0v) is 65.5. The lowest BCUT2D eigenvalue weighted by molar-refractivity contribution is -0.870. The third kappa shape index (κ3) is 80.7. The van der Waals surface area contributed by atoms with E-state index < -0.39 is 26.5 Å². The molecule has 2 atom stereocenters. The minimum atomic E-state index is -4.39. The molecule has 0 aromatic carbocycles. The molecular formula is C86H163NO8P+. The van der Waals surface area contributed by atoms with Gasteiger partial charge in [0.25, 0.3) is 0 Å². The second kappa shape index (κ2) is 76.9. The Bertz CT molecular complexity index is 1800. The van der Waals surface area contributed by atoms with Gasteiger partial charge in [0.05, 0.1) is 27.7 Å². The Morgan fingerprint density at radius 3 is 0.885 bits per heavy atom. The van der Waals surface area contributed by atoms with Crippen molar-refractivity contribution < 1.29 is 42.1 Å². The molecule has 1 N–H and O–H groups in total. The van der Waals surface area contributed by atoms with Crippen LogP contribution in [0.4, 0.5) is 0 Å². The second-order valence-electron chi connectivity index (χ2n) is 29.8. The van der Waals surface area contributed by atoms with Gasteiger partial charge in [0, 0.05) is 12.8 Å². The fourth-order valence-electron chi connectivity index (χ4n) is 12.7. The van der Waals surface area contributed by atoms with Crippen LogP contribution in [0.2, 0.25) is 0 Å². The number of quaternary nitrogens is 1. The molecule has 96 heavy (non-hydrogen) atoms. The predicted octanol–water partition coefficient (Wildman–Crippen LogP) is 28.1. The fourth-order valence-corrected chi connectivity index (χ4v) is 13.4. The topological polar surface area (TPSA) is 108 Å². The van der Waals surface area contributed by atoms with Gasteiger partial charge < -0.3 is 18.9 Å². The number of carbonyl (C=O) groups excluding carboxylic acids is 2. The van der Waals surface area contributed by atoms with Crippen molar-refractivity contribution in [1.29, 1.82) is 0 Å². The minimum absolute atomic E-state index is 0.0344. The summed E-state index contributed by atoms with van der Waals surface area (Å²) in [7, 11) is 1.50. The number of phosphoric acid groups is 1. The maximum absolute atomic E-state index is 12.9. The average molecular weight is 1370 g/mol. The molecule has 0 amide bonds. The van der Waals surface area contributed by atoms with Crippen LogP contribution in [0.3, 0.4) is 0 Å². The zero-order chi connectivity index (χ0) is 69.7. The van der Waals surface area contributed by atoms with Crippen LogP contribution >= 0.6 is 7.82 Å². The van der Waals surface area contributed by atoms with Gasteiger partial charge >= 0.3 is 19.8 Å². The van der Waals surface area contributed by atoms with Crippen LogP contribution in [0.15, 0.2) is 60.8 Å². The summed E-state index contributed by atoms with van der Waals surface area (Å²) in [6.07, 6.45) is 104. The molecule has 0 bridgehead atoms. The molecule has 0 fully saturated rings. The van der Waals surface area contributed by atoms with Gasteiger partial charge in [0.15, 0.2) is 6.10 Å². The molecule has 10 heteroatoms. The molecule has 2 unspecified atom stereocenters. The summed E-state index contributed by atoms with van der Waals surface area (Å²) in [6.45, 7) is 4.40. The van der Waals surface area contributed by atoms with Crippen LogP contribution in [0.5, 0.6) is 0 Å². The third-order valence-electron chi connectivity index (χ3n) is 19.1. The average Bonchev–Trinajstić information content (AvgIpc) is 2.72. The van der Waals surface area contributed by atoms with Gasteiger partial charge in [-0.3, -0.25) is 18.6 Å². The molecule has 0 aliphatic rings. The molecule has 0 radical (unpaired) electrons. The largest absolute Gasteiger partial charge is 0.472 e. The number of rotatable bonds is 79. The Balaban J connectivity index is 3.88. The summed E-state index contributed by atoms with van der Waals surface area (Å²) in [4.78, 5) is 36.0. The third-order valence-corrected chi connectivity index (χ3v) is 20.0. The first-order valence-electron chi connectivity index (χ1n) is 42.0. The quantitative estimate of drug-likeness (QED) is 0.0211. The van der Waals surface area contributed by atoms with Crippen molar-refractivity contribution in [3.8, 4) is 0 Å². The van der Waals surface area contributed by atoms with Gasteiger partial charge in [-0.05, 0) is 57.8 Å². The Labute approximate surface area is 597 Å². The first kappa shape index (κ1) is 93.7. The highest BCUT2D eigenvalue weighted by molar-refractivity contribution is 7.47. The summed E-state index contributed by atoms with van der Waals surface area (Å²) in [5.74, 6) is -0.772. The highest BCUT2D eigenvalue weighted by Gasteiger charge is 2.27. The van der Waals surface area contributed by atoms with E-state index in [1.165, 1.54) is 327 Å². The van der Waals surface area contributed by atoms with E-state index in [1.54, 1.807) is 0 Å². The van der Waals surface area contributed by atoms with Gasteiger partial charge in [-0.15, -0.1) is 0 Å². The minimum Gasteiger partial charge on any atom is -0.462 e. The Morgan fingerprint density at radius 2 is 0.594 bits per heavy atom. The predicted molar refractivity (Wildman–Crippen MR) is 418 cm³/mol. The number of carbonyl (C=O) groups is 2. The first-order chi connectivity index (χ1) is 47.0. The number of nitrogens with zero attached hydrogens (tertiary/aromatic N) is 1. The smallest absolute Gasteiger partial charge is 0.462 e. The highest BCUT2D eigenvalue weighted by atomic mass is 31.2. The molecule has 0 heterocycles. The molecule has 9 nitrogen and oxygen atoms in total. The summed E-state index contributed by atoms with van der Waals surface area (Å²) >= 11 is 0. The SMILES string of the molecule is CC/C=C\C/C=C\C/C=C\C/C=C\C/C=C\CCCCCCCCCCCCCCCCCCCCCCCC(=O)OC(COC(=O)CCCCCCCCCCCCCCCCCCCCCCCCCCCCCCCCCCCCC)COP(=O)(O)OCC[N+](C)(C)C. The number of allylic oxidation sites excluding steroid dienone is 10. The maximum atomic E-state index is 12.9. The van der Waals surface area contributed by atoms with Crippen molar-refractivity contribution in [2.24, 2.45) is 0 Å². The molecule has 0 aromatic heterocycles. The fraction of sp³-hybridized carbons (Fsp3) is 0.860. The standard InChI is InChI=1S/C86H162NO8P/c1-6-8-10-12-14-16-18-20-22-24-26-28-30-32-34-36-38-40-42-43-45-47-49-51-53-55-57-59-61-63-65-67-69-71-73-75-77-79-86(89)95-84(83-94-96(90,91)93-81-80-87(3,4)5)82-92-85(88)78-76-74-72-70-68-66-64-62-60-58-56-54-52-50-48-46-44-41-39-37-35-33-31-29-27-25-23-21-19-17-15-13-11-9-7-2/h8,10,14,16,20,22,26,28,32,34,84H,6-7,9,11-13,15,17-19,21,23-25,27,29-31,33,35-83H2,1-5H3/p+1/b10-8-,16-14-,22-20-,28-26-,34-32-. The van der Waals surface area contributed by atoms with E-state index in [1.807, 2.05) is 21.1 Å². The van der Waals surface area contributed by atoms with Crippen molar-refractivity contribution in [2.45, 2.75) is 431 Å². The van der Waals surface area contributed by atoms with E-state index in [2.05, 4.69) is 74.6 Å². The van der Waals surface area contributed by atoms with E-state index in [-0.39, 0.29) is 25.6 Å². The van der Waals surface area contributed by atoms with Crippen LogP contribution in [0, 0.1) is 0 Å². The number of hydrogen-bond donors (Lipinski definition) is 1. The number of esters is 2. The van der Waals surface area contributed by atoms with Crippen LogP contribution < -0.4 is 0 Å². The van der Waals surface area contributed by atoms with Crippen LogP contribution in [-0.2, 0) is 32.7 Å². The molecule has 0 rings (SSSR count). The van der Waals surface area contributed by atoms with E-state index in [4.69, 9.17) is 18.5 Å².